The van der Waals surface area contributed by atoms with Gasteiger partial charge in [-0.1, -0.05) is 48.8 Å². The van der Waals surface area contributed by atoms with Crippen molar-refractivity contribution in [3.05, 3.63) is 52.9 Å². The topological polar surface area (TPSA) is 74.9 Å². The molecule has 0 saturated carbocycles. The van der Waals surface area contributed by atoms with E-state index in [1.165, 1.54) is 11.1 Å². The van der Waals surface area contributed by atoms with Crippen molar-refractivity contribution in [2.45, 2.75) is 39.3 Å². The van der Waals surface area contributed by atoms with E-state index in [1.807, 2.05) is 6.07 Å². The molecule has 2 aromatic rings. The van der Waals surface area contributed by atoms with Crippen LogP contribution in [0.3, 0.4) is 0 Å². The Labute approximate surface area is 173 Å². The smallest absolute Gasteiger partial charge is 0.191 e. The molecular weight excluding hydrogens is 366 g/mol. The first-order valence-electron chi connectivity index (χ1n) is 10.3. The van der Waals surface area contributed by atoms with Crippen LogP contribution in [0.4, 0.5) is 0 Å². The zero-order valence-electron chi connectivity index (χ0n) is 17.9. The summed E-state index contributed by atoms with van der Waals surface area (Å²) in [6, 6.07) is 11.0. The molecule has 1 unspecified atom stereocenters. The number of benzene rings is 1. The van der Waals surface area contributed by atoms with E-state index < -0.39 is 0 Å². The molecule has 1 atom stereocenters. The molecule has 158 valence electrons. The van der Waals surface area contributed by atoms with Gasteiger partial charge in [-0.3, -0.25) is 9.89 Å². The number of rotatable bonds is 7. The molecule has 7 nitrogen and oxygen atoms in total. The van der Waals surface area contributed by atoms with Gasteiger partial charge in [0.15, 0.2) is 11.7 Å². The van der Waals surface area contributed by atoms with Crippen LogP contribution < -0.4 is 10.6 Å². The summed E-state index contributed by atoms with van der Waals surface area (Å²) in [6.07, 6.45) is 0. The summed E-state index contributed by atoms with van der Waals surface area (Å²) in [5.41, 5.74) is 3.54. The van der Waals surface area contributed by atoms with Gasteiger partial charge in [0.2, 0.25) is 0 Å². The molecule has 0 aliphatic carbocycles. The highest BCUT2D eigenvalue weighted by atomic mass is 16.5. The Morgan fingerprint density at radius 2 is 1.90 bits per heavy atom. The molecule has 1 saturated heterocycles. The monoisotopic (exact) mass is 399 g/mol. The van der Waals surface area contributed by atoms with Gasteiger partial charge in [-0.05, 0) is 18.4 Å². The number of guanidine groups is 1. The molecule has 0 amide bonds. The van der Waals surface area contributed by atoms with Crippen molar-refractivity contribution >= 4 is 5.96 Å². The van der Waals surface area contributed by atoms with Gasteiger partial charge >= 0.3 is 0 Å². The first kappa shape index (κ1) is 21.3. The van der Waals surface area contributed by atoms with Gasteiger partial charge in [0.1, 0.15) is 0 Å². The van der Waals surface area contributed by atoms with Crippen molar-refractivity contribution in [2.24, 2.45) is 4.99 Å². The fourth-order valence-corrected chi connectivity index (χ4v) is 3.40. The van der Waals surface area contributed by atoms with E-state index >= 15 is 0 Å². The van der Waals surface area contributed by atoms with Crippen LogP contribution in [-0.2, 0) is 11.3 Å². The number of morpholine rings is 1. The quantitative estimate of drug-likeness (QED) is 0.551. The van der Waals surface area contributed by atoms with Gasteiger partial charge in [0.25, 0.3) is 0 Å². The van der Waals surface area contributed by atoms with Crippen LogP contribution >= 0.6 is 0 Å². The average molecular weight is 400 g/mol. The maximum Gasteiger partial charge on any atom is 0.191 e. The van der Waals surface area contributed by atoms with Crippen molar-refractivity contribution in [2.75, 3.05) is 39.9 Å². The van der Waals surface area contributed by atoms with Crippen LogP contribution in [0.15, 0.2) is 39.8 Å². The normalized spacial score (nSPS) is 16.8. The Hall–Kier alpha value is -2.38. The van der Waals surface area contributed by atoms with Crippen LogP contribution in [0.2, 0.25) is 0 Å². The van der Waals surface area contributed by atoms with Gasteiger partial charge in [-0.15, -0.1) is 0 Å². The summed E-state index contributed by atoms with van der Waals surface area (Å²) in [7, 11) is 1.78. The minimum atomic E-state index is 0.260. The van der Waals surface area contributed by atoms with Gasteiger partial charge < -0.3 is 19.9 Å². The Kier molecular flexibility index (Phi) is 7.66. The minimum Gasteiger partial charge on any atom is -0.379 e. The van der Waals surface area contributed by atoms with Crippen molar-refractivity contribution in [3.8, 4) is 0 Å². The van der Waals surface area contributed by atoms with E-state index in [-0.39, 0.29) is 6.04 Å². The van der Waals surface area contributed by atoms with Crippen LogP contribution in [0.1, 0.15) is 48.4 Å². The second-order valence-electron chi connectivity index (χ2n) is 7.75. The number of aromatic nitrogens is 1. The number of ether oxygens (including phenoxy) is 1. The lowest BCUT2D eigenvalue weighted by atomic mass is 10.0. The maximum absolute atomic E-state index is 5.54. The number of hydrogen-bond donors (Lipinski definition) is 2. The lowest BCUT2D eigenvalue weighted by Crippen LogP contribution is -2.46. The summed E-state index contributed by atoms with van der Waals surface area (Å²) < 4.78 is 10.9. The molecule has 1 aromatic carbocycles. The molecule has 2 N–H and O–H groups in total. The van der Waals surface area contributed by atoms with Gasteiger partial charge in [0, 0.05) is 32.7 Å². The fraction of sp³-hybridized carbons (Fsp3) is 0.545. The molecule has 0 radical (unpaired) electrons. The van der Waals surface area contributed by atoms with Crippen LogP contribution in [0, 0.1) is 6.92 Å². The first-order chi connectivity index (χ1) is 14.1. The third-order valence-corrected chi connectivity index (χ3v) is 5.23. The highest BCUT2D eigenvalue weighted by Crippen LogP contribution is 2.22. The highest BCUT2D eigenvalue weighted by molar-refractivity contribution is 5.79. The Morgan fingerprint density at radius 3 is 2.52 bits per heavy atom. The number of aryl methyl sites for hydroxylation is 1. The summed E-state index contributed by atoms with van der Waals surface area (Å²) >= 11 is 0. The zero-order valence-corrected chi connectivity index (χ0v) is 17.9. The predicted molar refractivity (Wildman–Crippen MR) is 115 cm³/mol. The molecule has 7 heteroatoms. The third-order valence-electron chi connectivity index (χ3n) is 5.23. The molecule has 1 aromatic heterocycles. The molecule has 1 aliphatic rings. The van der Waals surface area contributed by atoms with Crippen molar-refractivity contribution < 1.29 is 9.26 Å². The second kappa shape index (κ2) is 10.4. The fourth-order valence-electron chi connectivity index (χ4n) is 3.40. The molecule has 1 fully saturated rings. The average Bonchev–Trinajstić information content (AvgIpc) is 3.22. The molecule has 2 heterocycles. The van der Waals surface area contributed by atoms with E-state index in [9.17, 15) is 0 Å². The van der Waals surface area contributed by atoms with Crippen molar-refractivity contribution in [1.82, 2.24) is 20.7 Å². The first-order valence-corrected chi connectivity index (χ1v) is 10.3. The van der Waals surface area contributed by atoms with Crippen LogP contribution in [-0.4, -0.2) is 55.9 Å². The zero-order chi connectivity index (χ0) is 20.6. The number of nitrogens with one attached hydrogen (secondary N) is 2. The van der Waals surface area contributed by atoms with Crippen LogP contribution in [0.25, 0.3) is 0 Å². The predicted octanol–water partition coefficient (Wildman–Crippen LogP) is 2.84. The van der Waals surface area contributed by atoms with E-state index in [4.69, 9.17) is 9.26 Å². The number of nitrogens with zero attached hydrogens (tertiary/aromatic N) is 3. The van der Waals surface area contributed by atoms with E-state index in [1.54, 1.807) is 7.05 Å². The summed E-state index contributed by atoms with van der Waals surface area (Å²) in [5.74, 6) is 1.91. The van der Waals surface area contributed by atoms with Crippen molar-refractivity contribution in [3.63, 3.8) is 0 Å². The Balaban J connectivity index is 1.60. The lowest BCUT2D eigenvalue weighted by Gasteiger charge is -2.35. The summed E-state index contributed by atoms with van der Waals surface area (Å²) in [5, 5.41) is 10.9. The minimum absolute atomic E-state index is 0.260. The Morgan fingerprint density at radius 1 is 1.17 bits per heavy atom. The number of hydrogen-bond acceptors (Lipinski definition) is 5. The van der Waals surface area contributed by atoms with E-state index in [0.29, 0.717) is 12.5 Å². The molecule has 0 bridgehead atoms. The number of aliphatic imine (C=N–C) groups is 1. The third kappa shape index (κ3) is 6.05. The summed E-state index contributed by atoms with van der Waals surface area (Å²) in [4.78, 5) is 6.83. The SMILES string of the molecule is CN=C(NCc1cc(C(C)C)no1)NCC(c1ccc(C)cc1)N1CCOCC1. The molecule has 0 spiro atoms. The van der Waals surface area contributed by atoms with Gasteiger partial charge in [-0.25, -0.2) is 0 Å². The van der Waals surface area contributed by atoms with Gasteiger partial charge in [0.05, 0.1) is 31.5 Å². The molecule has 29 heavy (non-hydrogen) atoms. The maximum atomic E-state index is 5.54. The van der Waals surface area contributed by atoms with Gasteiger partial charge in [-0.2, -0.15) is 0 Å². The highest BCUT2D eigenvalue weighted by Gasteiger charge is 2.23. The lowest BCUT2D eigenvalue weighted by molar-refractivity contribution is 0.0170. The molecule has 1 aliphatic heterocycles. The van der Waals surface area contributed by atoms with Crippen LogP contribution in [0.5, 0.6) is 0 Å². The Bertz CT molecular complexity index is 779. The molecular formula is C22H33N5O2. The molecule has 3 rings (SSSR count). The summed E-state index contributed by atoms with van der Waals surface area (Å²) in [6.45, 7) is 11.1. The van der Waals surface area contributed by atoms with E-state index in [0.717, 1.165) is 50.3 Å². The second-order valence-corrected chi connectivity index (χ2v) is 7.75. The van der Waals surface area contributed by atoms with Crippen molar-refractivity contribution in [1.29, 1.82) is 0 Å². The largest absolute Gasteiger partial charge is 0.379 e. The standard InChI is InChI=1S/C22H33N5O2/c1-16(2)20-13-19(29-26-20)14-24-22(23-4)25-15-21(27-9-11-28-12-10-27)18-7-5-17(3)6-8-18/h5-8,13,16,21H,9-12,14-15H2,1-4H3,(H2,23,24,25). The van der Waals surface area contributed by atoms with E-state index in [2.05, 4.69) is 70.7 Å².